The maximum Gasteiger partial charge on any atom is 0.271 e. The number of nitro benzene ring substituents is 1. The zero-order valence-corrected chi connectivity index (χ0v) is 26.7. The van der Waals surface area contributed by atoms with Crippen molar-refractivity contribution >= 4 is 56.4 Å². The standard InChI is InChI=1S/C31H34Cl2N4O6S/c1-21-12-14-25(37(40)41)18-28(21)36(44(2,42)43)20-30(38)35(19-23-13-15-26(32)27(33)16-23)29(17-22-8-4-3-5-9-22)31(39)34-24-10-6-7-11-24/h3-5,8-9,12-16,18,24,29H,6-7,10-11,17,19-20H2,1-2H3,(H,34,39)/t29-/m0/s1. The van der Waals surface area contributed by atoms with E-state index in [1.807, 2.05) is 30.3 Å². The number of nitrogens with one attached hydrogen (secondary N) is 1. The maximum atomic E-state index is 14.3. The zero-order chi connectivity index (χ0) is 32.0. The van der Waals surface area contributed by atoms with Crippen molar-refractivity contribution in [1.29, 1.82) is 0 Å². The average molecular weight is 662 g/mol. The van der Waals surface area contributed by atoms with Crippen molar-refractivity contribution in [2.45, 2.75) is 57.7 Å². The van der Waals surface area contributed by atoms with E-state index in [1.54, 1.807) is 25.1 Å². The van der Waals surface area contributed by atoms with E-state index >= 15 is 0 Å². The number of amides is 2. The summed E-state index contributed by atoms with van der Waals surface area (Å²) in [6.45, 7) is 0.837. The Hall–Kier alpha value is -3.67. The Morgan fingerprint density at radius 3 is 2.30 bits per heavy atom. The predicted octanol–water partition coefficient (Wildman–Crippen LogP) is 5.67. The highest BCUT2D eigenvalue weighted by atomic mass is 35.5. The fraction of sp³-hybridized carbons (Fsp3) is 0.355. The van der Waals surface area contributed by atoms with Gasteiger partial charge in [0.15, 0.2) is 0 Å². The van der Waals surface area contributed by atoms with Crippen LogP contribution in [0, 0.1) is 17.0 Å². The van der Waals surface area contributed by atoms with Crippen LogP contribution in [0.3, 0.4) is 0 Å². The summed E-state index contributed by atoms with van der Waals surface area (Å²) in [4.78, 5) is 40.4. The minimum absolute atomic E-state index is 0.000413. The third-order valence-electron chi connectivity index (χ3n) is 7.66. The van der Waals surface area contributed by atoms with Gasteiger partial charge in [-0.05, 0) is 48.6 Å². The number of anilines is 1. The fourth-order valence-electron chi connectivity index (χ4n) is 5.33. The molecule has 0 spiro atoms. The van der Waals surface area contributed by atoms with E-state index in [-0.39, 0.29) is 41.3 Å². The smallest absolute Gasteiger partial charge is 0.271 e. The number of benzene rings is 3. The summed E-state index contributed by atoms with van der Waals surface area (Å²) < 4.78 is 27.0. The van der Waals surface area contributed by atoms with Crippen molar-refractivity contribution in [1.82, 2.24) is 10.2 Å². The molecule has 0 heterocycles. The Morgan fingerprint density at radius 1 is 1.00 bits per heavy atom. The predicted molar refractivity (Wildman–Crippen MR) is 171 cm³/mol. The molecule has 0 bridgehead atoms. The molecule has 44 heavy (non-hydrogen) atoms. The zero-order valence-electron chi connectivity index (χ0n) is 24.4. The van der Waals surface area contributed by atoms with Crippen molar-refractivity contribution in [2.24, 2.45) is 0 Å². The SMILES string of the molecule is Cc1ccc([N+](=O)[O-])cc1N(CC(=O)N(Cc1ccc(Cl)c(Cl)c1)[C@@H](Cc1ccccc1)C(=O)NC1CCCC1)S(C)(=O)=O. The summed E-state index contributed by atoms with van der Waals surface area (Å²) in [7, 11) is -4.10. The Kier molecular flexibility index (Phi) is 10.9. The highest BCUT2D eigenvalue weighted by molar-refractivity contribution is 7.92. The van der Waals surface area contributed by atoms with Gasteiger partial charge >= 0.3 is 0 Å². The molecule has 0 aromatic heterocycles. The maximum absolute atomic E-state index is 14.3. The molecule has 4 rings (SSSR count). The van der Waals surface area contributed by atoms with Crippen LogP contribution < -0.4 is 9.62 Å². The Morgan fingerprint density at radius 2 is 1.68 bits per heavy atom. The van der Waals surface area contributed by atoms with Gasteiger partial charge in [0.05, 0.1) is 26.9 Å². The summed E-state index contributed by atoms with van der Waals surface area (Å²) in [6.07, 6.45) is 4.74. The Balaban J connectivity index is 1.78. The molecule has 1 saturated carbocycles. The fourth-order valence-corrected chi connectivity index (χ4v) is 6.55. The molecule has 1 N–H and O–H groups in total. The monoisotopic (exact) mass is 660 g/mol. The van der Waals surface area contributed by atoms with Crippen LogP contribution in [0.25, 0.3) is 0 Å². The van der Waals surface area contributed by atoms with Gasteiger partial charge in [-0.25, -0.2) is 8.42 Å². The van der Waals surface area contributed by atoms with E-state index in [9.17, 15) is 28.1 Å². The lowest BCUT2D eigenvalue weighted by Crippen LogP contribution is -2.54. The summed E-state index contributed by atoms with van der Waals surface area (Å²) >= 11 is 12.4. The minimum atomic E-state index is -4.10. The molecule has 1 fully saturated rings. The highest BCUT2D eigenvalue weighted by Crippen LogP contribution is 2.29. The summed E-state index contributed by atoms with van der Waals surface area (Å²) in [5.41, 5.74) is 1.49. The highest BCUT2D eigenvalue weighted by Gasteiger charge is 2.35. The first kappa shape index (κ1) is 33.2. The number of halogens is 2. The molecule has 1 aliphatic rings. The number of sulfonamides is 1. The molecule has 1 aliphatic carbocycles. The molecular weight excluding hydrogens is 627 g/mol. The van der Waals surface area contributed by atoms with Crippen LogP contribution in [0.1, 0.15) is 42.4 Å². The average Bonchev–Trinajstić information content (AvgIpc) is 3.48. The number of nitro groups is 1. The number of carbonyl (C=O) groups excluding carboxylic acids is 2. The number of non-ortho nitro benzene ring substituents is 1. The molecule has 10 nitrogen and oxygen atoms in total. The number of hydrogen-bond donors (Lipinski definition) is 1. The van der Waals surface area contributed by atoms with Crippen LogP contribution in [0.5, 0.6) is 0 Å². The van der Waals surface area contributed by atoms with Gasteiger partial charge in [0, 0.05) is 31.1 Å². The first-order chi connectivity index (χ1) is 20.8. The third kappa shape index (κ3) is 8.49. The van der Waals surface area contributed by atoms with Gasteiger partial charge < -0.3 is 10.2 Å². The number of carbonyl (C=O) groups is 2. The normalized spacial score (nSPS) is 14.2. The van der Waals surface area contributed by atoms with Crippen molar-refractivity contribution in [3.63, 3.8) is 0 Å². The lowest BCUT2D eigenvalue weighted by Gasteiger charge is -2.34. The van der Waals surface area contributed by atoms with Crippen molar-refractivity contribution in [3.8, 4) is 0 Å². The van der Waals surface area contributed by atoms with E-state index in [0.717, 1.165) is 47.9 Å². The Labute approximate surface area is 267 Å². The molecule has 0 radical (unpaired) electrons. The lowest BCUT2D eigenvalue weighted by molar-refractivity contribution is -0.384. The van der Waals surface area contributed by atoms with Gasteiger partial charge in [-0.3, -0.25) is 24.0 Å². The molecule has 0 saturated heterocycles. The van der Waals surface area contributed by atoms with Crippen molar-refractivity contribution < 1.29 is 22.9 Å². The van der Waals surface area contributed by atoms with E-state index < -0.39 is 33.4 Å². The molecule has 3 aromatic carbocycles. The van der Waals surface area contributed by atoms with Crippen LogP contribution in [0.2, 0.25) is 10.0 Å². The van der Waals surface area contributed by atoms with Crippen LogP contribution in [-0.4, -0.2) is 54.9 Å². The minimum Gasteiger partial charge on any atom is -0.352 e. The molecule has 0 unspecified atom stereocenters. The summed E-state index contributed by atoms with van der Waals surface area (Å²) in [6, 6.07) is 16.9. The number of nitrogens with zero attached hydrogens (tertiary/aromatic N) is 3. The Bertz CT molecular complexity index is 1630. The molecule has 13 heteroatoms. The molecule has 2 amide bonds. The van der Waals surface area contributed by atoms with Gasteiger partial charge in [-0.15, -0.1) is 0 Å². The second-order valence-electron chi connectivity index (χ2n) is 11.0. The van der Waals surface area contributed by atoms with E-state index in [1.165, 1.54) is 17.0 Å². The summed E-state index contributed by atoms with van der Waals surface area (Å²) in [5.74, 6) is -1.03. The first-order valence-electron chi connectivity index (χ1n) is 14.1. The van der Waals surface area contributed by atoms with E-state index in [4.69, 9.17) is 23.2 Å². The topological polar surface area (TPSA) is 130 Å². The molecule has 1 atom stereocenters. The molecular formula is C31H34Cl2N4O6S. The van der Waals surface area contributed by atoms with Gasteiger partial charge in [0.1, 0.15) is 12.6 Å². The van der Waals surface area contributed by atoms with Crippen LogP contribution in [-0.2, 0) is 32.6 Å². The number of rotatable bonds is 12. The summed E-state index contributed by atoms with van der Waals surface area (Å²) in [5, 5.41) is 15.2. The van der Waals surface area contributed by atoms with Crippen LogP contribution in [0.15, 0.2) is 66.7 Å². The van der Waals surface area contributed by atoms with Gasteiger partial charge in [0.2, 0.25) is 21.8 Å². The molecule has 234 valence electrons. The largest absolute Gasteiger partial charge is 0.352 e. The van der Waals surface area contributed by atoms with Gasteiger partial charge in [-0.2, -0.15) is 0 Å². The van der Waals surface area contributed by atoms with Gasteiger partial charge in [0.25, 0.3) is 5.69 Å². The molecule has 3 aromatic rings. The van der Waals surface area contributed by atoms with Gasteiger partial charge in [-0.1, -0.05) is 78.5 Å². The second kappa shape index (κ2) is 14.4. The number of aryl methyl sites for hydroxylation is 1. The van der Waals surface area contributed by atoms with Crippen LogP contribution in [0.4, 0.5) is 11.4 Å². The lowest BCUT2D eigenvalue weighted by atomic mass is 10.0. The number of hydrogen-bond acceptors (Lipinski definition) is 6. The van der Waals surface area contributed by atoms with Crippen molar-refractivity contribution in [3.05, 3.63) is 104 Å². The van der Waals surface area contributed by atoms with E-state index in [0.29, 0.717) is 16.1 Å². The van der Waals surface area contributed by atoms with Crippen molar-refractivity contribution in [2.75, 3.05) is 17.1 Å². The second-order valence-corrected chi connectivity index (χ2v) is 13.7. The quantitative estimate of drug-likeness (QED) is 0.197. The van der Waals surface area contributed by atoms with E-state index in [2.05, 4.69) is 5.32 Å². The van der Waals surface area contributed by atoms with Crippen LogP contribution >= 0.6 is 23.2 Å². The first-order valence-corrected chi connectivity index (χ1v) is 16.7. The third-order valence-corrected chi connectivity index (χ3v) is 9.53. The molecule has 0 aliphatic heterocycles.